The molecule has 0 atom stereocenters. The Morgan fingerprint density at radius 2 is 1.81 bits per heavy atom. The maximum atomic E-state index is 10.4. The third kappa shape index (κ3) is 3.10. The fourth-order valence-corrected chi connectivity index (χ4v) is 3.05. The lowest BCUT2D eigenvalue weighted by Crippen LogP contribution is -1.91. The first-order valence-electron chi connectivity index (χ1n) is 8.73. The molecular weight excluding hydrogens is 326 g/mol. The van der Waals surface area contributed by atoms with E-state index in [1.54, 1.807) is 12.1 Å². The van der Waals surface area contributed by atoms with Gasteiger partial charge < -0.3 is 14.7 Å². The van der Waals surface area contributed by atoms with Gasteiger partial charge in [0.15, 0.2) is 5.76 Å². The lowest BCUT2D eigenvalue weighted by molar-refractivity contribution is 0.421. The maximum absolute atomic E-state index is 10.4. The SMILES string of the molecule is C=Cc1noc(-c2cc(C(C)C)c(O)cc2O)c1-c1ccc(CC)cc1. The lowest BCUT2D eigenvalue weighted by Gasteiger charge is -2.12. The van der Waals surface area contributed by atoms with Crippen LogP contribution in [0.1, 0.15) is 43.5 Å². The largest absolute Gasteiger partial charge is 0.508 e. The van der Waals surface area contributed by atoms with Gasteiger partial charge in [-0.05, 0) is 41.2 Å². The molecule has 1 heterocycles. The van der Waals surface area contributed by atoms with Crippen LogP contribution in [0.2, 0.25) is 0 Å². The van der Waals surface area contributed by atoms with E-state index in [1.165, 1.54) is 11.6 Å². The van der Waals surface area contributed by atoms with Crippen LogP contribution in [0.5, 0.6) is 11.5 Å². The van der Waals surface area contributed by atoms with E-state index in [-0.39, 0.29) is 17.4 Å². The molecule has 2 N–H and O–H groups in total. The minimum absolute atomic E-state index is 0.0508. The molecule has 0 unspecified atom stereocenters. The van der Waals surface area contributed by atoms with E-state index in [0.717, 1.165) is 23.1 Å². The summed E-state index contributed by atoms with van der Waals surface area (Å²) in [6.45, 7) is 9.89. The van der Waals surface area contributed by atoms with Crippen molar-refractivity contribution in [3.63, 3.8) is 0 Å². The molecule has 0 aliphatic heterocycles. The number of benzene rings is 2. The van der Waals surface area contributed by atoms with Crippen LogP contribution in [0.25, 0.3) is 28.5 Å². The Labute approximate surface area is 153 Å². The number of hydrogen-bond acceptors (Lipinski definition) is 4. The van der Waals surface area contributed by atoms with Gasteiger partial charge in [-0.1, -0.05) is 56.8 Å². The first-order chi connectivity index (χ1) is 12.5. The summed E-state index contributed by atoms with van der Waals surface area (Å²) in [5.41, 5.74) is 4.80. The molecule has 0 saturated carbocycles. The maximum Gasteiger partial charge on any atom is 0.179 e. The number of phenolic OH excluding ortho intramolecular Hbond substituents is 2. The van der Waals surface area contributed by atoms with E-state index in [9.17, 15) is 10.2 Å². The van der Waals surface area contributed by atoms with Crippen LogP contribution < -0.4 is 0 Å². The first-order valence-corrected chi connectivity index (χ1v) is 8.73. The van der Waals surface area contributed by atoms with Crippen molar-refractivity contribution in [1.29, 1.82) is 0 Å². The molecule has 2 aromatic carbocycles. The van der Waals surface area contributed by atoms with Crippen LogP contribution >= 0.6 is 0 Å². The molecule has 0 bridgehead atoms. The highest BCUT2D eigenvalue weighted by atomic mass is 16.5. The number of hydrogen-bond donors (Lipinski definition) is 2. The predicted octanol–water partition coefficient (Wildman–Crippen LogP) is 5.75. The molecule has 4 nitrogen and oxygen atoms in total. The summed E-state index contributed by atoms with van der Waals surface area (Å²) in [7, 11) is 0. The second kappa shape index (κ2) is 7.08. The third-order valence-corrected chi connectivity index (χ3v) is 4.57. The minimum Gasteiger partial charge on any atom is -0.508 e. The van der Waals surface area contributed by atoms with Crippen molar-refractivity contribution in [2.45, 2.75) is 33.1 Å². The predicted molar refractivity (Wildman–Crippen MR) is 104 cm³/mol. The van der Waals surface area contributed by atoms with Gasteiger partial charge in [0.25, 0.3) is 0 Å². The van der Waals surface area contributed by atoms with Gasteiger partial charge >= 0.3 is 0 Å². The number of aromatic hydroxyl groups is 2. The van der Waals surface area contributed by atoms with Crippen LogP contribution in [0.4, 0.5) is 0 Å². The van der Waals surface area contributed by atoms with E-state index in [2.05, 4.69) is 30.8 Å². The Balaban J connectivity index is 2.22. The molecule has 4 heteroatoms. The molecule has 0 amide bonds. The van der Waals surface area contributed by atoms with Crippen molar-refractivity contribution < 1.29 is 14.7 Å². The van der Waals surface area contributed by atoms with Crippen molar-refractivity contribution in [2.24, 2.45) is 0 Å². The van der Waals surface area contributed by atoms with Gasteiger partial charge in [0.2, 0.25) is 0 Å². The number of aryl methyl sites for hydroxylation is 1. The second-order valence-corrected chi connectivity index (χ2v) is 6.61. The molecular formula is C22H23NO3. The van der Waals surface area contributed by atoms with E-state index >= 15 is 0 Å². The normalized spacial score (nSPS) is 11.1. The zero-order valence-corrected chi connectivity index (χ0v) is 15.3. The van der Waals surface area contributed by atoms with Crippen molar-refractivity contribution in [2.75, 3.05) is 0 Å². The number of phenols is 2. The highest BCUT2D eigenvalue weighted by Crippen LogP contribution is 2.43. The van der Waals surface area contributed by atoms with Crippen LogP contribution in [0.15, 0.2) is 47.5 Å². The summed E-state index contributed by atoms with van der Waals surface area (Å²) >= 11 is 0. The third-order valence-electron chi connectivity index (χ3n) is 4.57. The van der Waals surface area contributed by atoms with Crippen LogP contribution in [-0.4, -0.2) is 15.4 Å². The van der Waals surface area contributed by atoms with Crippen LogP contribution in [0, 0.1) is 0 Å². The summed E-state index contributed by atoms with van der Waals surface area (Å²) < 4.78 is 5.58. The molecule has 0 fully saturated rings. The average molecular weight is 349 g/mol. The molecule has 1 aromatic heterocycles. The number of nitrogens with zero attached hydrogens (tertiary/aromatic N) is 1. The smallest absolute Gasteiger partial charge is 0.179 e. The standard InChI is InChI=1S/C22H23NO3/c1-5-14-7-9-15(10-8-14)21-18(6-2)23-26-22(21)17-11-16(13(3)4)19(24)12-20(17)25/h6-13,24-25H,2,5H2,1,3-4H3. The average Bonchev–Trinajstić information content (AvgIpc) is 3.05. The van der Waals surface area contributed by atoms with Gasteiger partial charge in [-0.3, -0.25) is 0 Å². The van der Waals surface area contributed by atoms with Crippen molar-refractivity contribution >= 4 is 6.08 Å². The van der Waals surface area contributed by atoms with Crippen LogP contribution in [0.3, 0.4) is 0 Å². The lowest BCUT2D eigenvalue weighted by atomic mass is 9.94. The topological polar surface area (TPSA) is 66.5 Å². The van der Waals surface area contributed by atoms with E-state index in [0.29, 0.717) is 17.0 Å². The summed E-state index contributed by atoms with van der Waals surface area (Å²) in [5.74, 6) is 0.579. The Kier molecular flexibility index (Phi) is 4.85. The Hall–Kier alpha value is -3.01. The van der Waals surface area contributed by atoms with Gasteiger partial charge in [-0.2, -0.15) is 0 Å². The van der Waals surface area contributed by atoms with E-state index in [4.69, 9.17) is 4.52 Å². The molecule has 0 radical (unpaired) electrons. The molecule has 0 aliphatic rings. The Morgan fingerprint density at radius 1 is 1.12 bits per heavy atom. The summed E-state index contributed by atoms with van der Waals surface area (Å²) in [6, 6.07) is 11.3. The summed E-state index contributed by atoms with van der Waals surface area (Å²) in [5, 5.41) is 24.6. The summed E-state index contributed by atoms with van der Waals surface area (Å²) in [4.78, 5) is 0. The fraction of sp³-hybridized carbons (Fsp3) is 0.227. The van der Waals surface area contributed by atoms with Gasteiger partial charge in [0, 0.05) is 6.07 Å². The number of rotatable bonds is 5. The highest BCUT2D eigenvalue weighted by Gasteiger charge is 2.22. The highest BCUT2D eigenvalue weighted by molar-refractivity contribution is 5.87. The Morgan fingerprint density at radius 3 is 2.38 bits per heavy atom. The molecule has 134 valence electrons. The zero-order chi connectivity index (χ0) is 18.8. The number of aromatic nitrogens is 1. The van der Waals surface area contributed by atoms with Crippen LogP contribution in [-0.2, 0) is 6.42 Å². The van der Waals surface area contributed by atoms with Crippen molar-refractivity contribution in [3.05, 3.63) is 59.8 Å². The van der Waals surface area contributed by atoms with Gasteiger partial charge in [0.1, 0.15) is 17.2 Å². The monoisotopic (exact) mass is 349 g/mol. The van der Waals surface area contributed by atoms with Gasteiger partial charge in [-0.15, -0.1) is 0 Å². The molecule has 26 heavy (non-hydrogen) atoms. The van der Waals surface area contributed by atoms with E-state index < -0.39 is 0 Å². The molecule has 0 aliphatic carbocycles. The minimum atomic E-state index is -0.0508. The molecule has 0 saturated heterocycles. The second-order valence-electron chi connectivity index (χ2n) is 6.61. The van der Waals surface area contributed by atoms with Crippen molar-refractivity contribution in [1.82, 2.24) is 5.16 Å². The summed E-state index contributed by atoms with van der Waals surface area (Å²) in [6.07, 6.45) is 2.60. The van der Waals surface area contributed by atoms with E-state index in [1.807, 2.05) is 26.0 Å². The quantitative estimate of drug-likeness (QED) is 0.615. The fourth-order valence-electron chi connectivity index (χ4n) is 3.05. The molecule has 3 rings (SSSR count). The molecule has 3 aromatic rings. The Bertz CT molecular complexity index is 937. The van der Waals surface area contributed by atoms with Gasteiger partial charge in [-0.25, -0.2) is 0 Å². The zero-order valence-electron chi connectivity index (χ0n) is 15.3. The van der Waals surface area contributed by atoms with Crippen molar-refractivity contribution in [3.8, 4) is 33.9 Å². The first kappa shape index (κ1) is 17.8. The molecule has 0 spiro atoms. The van der Waals surface area contributed by atoms with Gasteiger partial charge in [0.05, 0.1) is 11.1 Å².